The Hall–Kier alpha value is -0.890. The van der Waals surface area contributed by atoms with Crippen LogP contribution >= 0.6 is 23.2 Å². The molecule has 0 bridgehead atoms. The van der Waals surface area contributed by atoms with Crippen LogP contribution in [0.3, 0.4) is 0 Å². The Balaban J connectivity index is 3.44. The number of carbonyl (C=O) groups is 1. The molecule has 0 spiro atoms. The van der Waals surface area contributed by atoms with Crippen molar-refractivity contribution in [1.29, 1.82) is 0 Å². The van der Waals surface area contributed by atoms with Crippen molar-refractivity contribution in [2.75, 3.05) is 0 Å². The molecule has 3 N–H and O–H groups in total. The quantitative estimate of drug-likeness (QED) is 0.822. The highest BCUT2D eigenvalue weighted by Crippen LogP contribution is 2.33. The number of primary sulfonamides is 1. The number of nitrogens with two attached hydrogens (primary N) is 1. The lowest BCUT2D eigenvalue weighted by molar-refractivity contribution is 0.0938. The number of hydrogen-bond donors (Lipinski definition) is 2. The fourth-order valence-electron chi connectivity index (χ4n) is 1.40. The lowest BCUT2D eigenvalue weighted by atomic mass is 10.1. The molecule has 1 aromatic carbocycles. The smallest absolute Gasteiger partial charge is 0.253 e. The normalized spacial score (nSPS) is 13.1. The Morgan fingerprint density at radius 2 is 2.00 bits per heavy atom. The average molecular weight is 343 g/mol. The second-order valence-corrected chi connectivity index (χ2v) is 6.45. The Kier molecular flexibility index (Phi) is 5.37. The molecule has 0 saturated heterocycles. The van der Waals surface area contributed by atoms with Crippen molar-refractivity contribution in [2.24, 2.45) is 5.14 Å². The lowest BCUT2D eigenvalue weighted by Crippen LogP contribution is -2.32. The average Bonchev–Trinajstić information content (AvgIpc) is 2.31. The van der Waals surface area contributed by atoms with Crippen LogP contribution in [0.25, 0.3) is 0 Å². The van der Waals surface area contributed by atoms with Gasteiger partial charge in [-0.3, -0.25) is 4.79 Å². The van der Waals surface area contributed by atoms with E-state index in [4.69, 9.17) is 28.3 Å². The van der Waals surface area contributed by atoms with Crippen molar-refractivity contribution in [3.05, 3.63) is 27.5 Å². The Labute approximate surface area is 126 Å². The van der Waals surface area contributed by atoms with Gasteiger partial charge in [-0.05, 0) is 19.4 Å². The van der Waals surface area contributed by atoms with Crippen LogP contribution in [0.5, 0.6) is 0 Å². The molecule has 1 unspecified atom stereocenters. The summed E-state index contributed by atoms with van der Waals surface area (Å²) < 4.78 is 36.4. The standard InChI is InChI=1S/C11H13Cl2FN2O3S/c1-3-5(2)16-11(17)6-4-7(14)9(13)10(8(6)12)20(15,18)19/h4-5H,3H2,1-2H3,(H,16,17)(H2,15,18,19). The van der Waals surface area contributed by atoms with Crippen LogP contribution in [0.2, 0.25) is 10.0 Å². The summed E-state index contributed by atoms with van der Waals surface area (Å²) in [7, 11) is -4.36. The number of rotatable bonds is 4. The molecule has 0 fully saturated rings. The van der Waals surface area contributed by atoms with Crippen molar-refractivity contribution in [3.8, 4) is 0 Å². The van der Waals surface area contributed by atoms with Gasteiger partial charge in [0.05, 0.1) is 15.6 Å². The van der Waals surface area contributed by atoms with Crippen LogP contribution in [-0.2, 0) is 10.0 Å². The second kappa shape index (κ2) is 6.26. The maximum Gasteiger partial charge on any atom is 0.253 e. The van der Waals surface area contributed by atoms with E-state index in [-0.39, 0.29) is 11.6 Å². The molecule has 1 atom stereocenters. The predicted molar refractivity (Wildman–Crippen MR) is 75.0 cm³/mol. The van der Waals surface area contributed by atoms with Crippen molar-refractivity contribution in [1.82, 2.24) is 5.32 Å². The molecule has 9 heteroatoms. The molecule has 0 heterocycles. The molecule has 1 rings (SSSR count). The van der Waals surface area contributed by atoms with Gasteiger partial charge in [-0.25, -0.2) is 17.9 Å². The Morgan fingerprint density at radius 1 is 1.45 bits per heavy atom. The topological polar surface area (TPSA) is 89.3 Å². The van der Waals surface area contributed by atoms with Gasteiger partial charge in [0.15, 0.2) is 0 Å². The van der Waals surface area contributed by atoms with Gasteiger partial charge in [-0.15, -0.1) is 0 Å². The van der Waals surface area contributed by atoms with Crippen LogP contribution in [0, 0.1) is 5.82 Å². The molecule has 112 valence electrons. The number of benzene rings is 1. The van der Waals surface area contributed by atoms with Crippen LogP contribution < -0.4 is 10.5 Å². The largest absolute Gasteiger partial charge is 0.350 e. The summed E-state index contributed by atoms with van der Waals surface area (Å²) in [5.74, 6) is -1.79. The maximum atomic E-state index is 13.6. The van der Waals surface area contributed by atoms with Crippen LogP contribution in [0.1, 0.15) is 30.6 Å². The summed E-state index contributed by atoms with van der Waals surface area (Å²) in [6, 6.07) is 0.590. The molecule has 0 aliphatic carbocycles. The van der Waals surface area contributed by atoms with E-state index in [9.17, 15) is 17.6 Å². The summed E-state index contributed by atoms with van der Waals surface area (Å²) in [6.07, 6.45) is 0.640. The van der Waals surface area contributed by atoms with E-state index >= 15 is 0 Å². The molecular weight excluding hydrogens is 330 g/mol. The van der Waals surface area contributed by atoms with Crippen LogP contribution in [0.15, 0.2) is 11.0 Å². The van der Waals surface area contributed by atoms with E-state index in [1.165, 1.54) is 0 Å². The van der Waals surface area contributed by atoms with Crippen LogP contribution in [-0.4, -0.2) is 20.4 Å². The highest BCUT2D eigenvalue weighted by molar-refractivity contribution is 7.89. The first-order chi connectivity index (χ1) is 9.09. The molecule has 0 radical (unpaired) electrons. The molecule has 20 heavy (non-hydrogen) atoms. The van der Waals surface area contributed by atoms with Gasteiger partial charge < -0.3 is 5.32 Å². The molecule has 5 nitrogen and oxygen atoms in total. The zero-order valence-electron chi connectivity index (χ0n) is 10.7. The number of hydrogen-bond acceptors (Lipinski definition) is 3. The zero-order chi connectivity index (χ0) is 15.7. The first-order valence-corrected chi connectivity index (χ1v) is 7.91. The molecule has 0 aliphatic rings. The number of amides is 1. The number of halogens is 3. The minimum absolute atomic E-state index is 0.185. The third kappa shape index (κ3) is 3.60. The van der Waals surface area contributed by atoms with Crippen LogP contribution in [0.4, 0.5) is 4.39 Å². The molecule has 0 aliphatic heterocycles. The third-order valence-corrected chi connectivity index (χ3v) is 4.60. The molecule has 1 amide bonds. The third-order valence-electron chi connectivity index (χ3n) is 2.63. The fraction of sp³-hybridized carbons (Fsp3) is 0.364. The maximum absolute atomic E-state index is 13.6. The summed E-state index contributed by atoms with van der Waals surface area (Å²) >= 11 is 11.4. The number of nitrogens with one attached hydrogen (secondary N) is 1. The SMILES string of the molecule is CCC(C)NC(=O)c1cc(F)c(Cl)c(S(N)(=O)=O)c1Cl. The van der Waals surface area contributed by atoms with E-state index in [1.807, 2.05) is 6.92 Å². The molecular formula is C11H13Cl2FN2O3S. The Bertz CT molecular complexity index is 650. The van der Waals surface area contributed by atoms with E-state index in [2.05, 4.69) is 5.32 Å². The first kappa shape index (κ1) is 17.2. The highest BCUT2D eigenvalue weighted by atomic mass is 35.5. The lowest BCUT2D eigenvalue weighted by Gasteiger charge is -2.14. The van der Waals surface area contributed by atoms with E-state index in [1.54, 1.807) is 6.92 Å². The zero-order valence-corrected chi connectivity index (χ0v) is 13.0. The van der Waals surface area contributed by atoms with Gasteiger partial charge in [-0.1, -0.05) is 30.1 Å². The molecule has 0 saturated carbocycles. The monoisotopic (exact) mass is 342 g/mol. The van der Waals surface area contributed by atoms with Crippen molar-refractivity contribution >= 4 is 39.1 Å². The number of sulfonamides is 1. The Morgan fingerprint density at radius 3 is 2.45 bits per heavy atom. The molecule has 1 aromatic rings. The summed E-state index contributed by atoms with van der Waals surface area (Å²) in [5.41, 5.74) is -0.335. The predicted octanol–water partition coefficient (Wildman–Crippen LogP) is 2.31. The van der Waals surface area contributed by atoms with Gasteiger partial charge in [-0.2, -0.15) is 0 Å². The van der Waals surface area contributed by atoms with Gasteiger partial charge in [0.25, 0.3) is 5.91 Å². The van der Waals surface area contributed by atoms with Gasteiger partial charge >= 0.3 is 0 Å². The van der Waals surface area contributed by atoms with E-state index in [0.717, 1.165) is 6.07 Å². The van der Waals surface area contributed by atoms with Gasteiger partial charge in [0, 0.05) is 6.04 Å². The van der Waals surface area contributed by atoms with E-state index in [0.29, 0.717) is 6.42 Å². The fourth-order valence-corrected chi connectivity index (χ4v) is 3.18. The summed E-state index contributed by atoms with van der Waals surface area (Å²) in [5, 5.41) is 6.23. The molecule has 0 aromatic heterocycles. The van der Waals surface area contributed by atoms with Crippen molar-refractivity contribution < 1.29 is 17.6 Å². The summed E-state index contributed by atoms with van der Waals surface area (Å²) in [4.78, 5) is 11.1. The van der Waals surface area contributed by atoms with Crippen molar-refractivity contribution in [2.45, 2.75) is 31.2 Å². The second-order valence-electron chi connectivity index (χ2n) is 4.19. The minimum Gasteiger partial charge on any atom is -0.350 e. The van der Waals surface area contributed by atoms with Gasteiger partial charge in [0.1, 0.15) is 10.7 Å². The first-order valence-electron chi connectivity index (χ1n) is 5.60. The summed E-state index contributed by atoms with van der Waals surface area (Å²) in [6.45, 7) is 3.57. The van der Waals surface area contributed by atoms with Crippen molar-refractivity contribution in [3.63, 3.8) is 0 Å². The highest BCUT2D eigenvalue weighted by Gasteiger charge is 2.26. The van der Waals surface area contributed by atoms with Gasteiger partial charge in [0.2, 0.25) is 10.0 Å². The minimum atomic E-state index is -4.36. The number of carbonyl (C=O) groups excluding carboxylic acids is 1. The van der Waals surface area contributed by atoms with E-state index < -0.39 is 36.7 Å².